The van der Waals surface area contributed by atoms with Gasteiger partial charge in [-0.3, -0.25) is 28.8 Å². The standard InChI is InChI=1S/C19H21I3N2O8.C9H9I3N2O2/c1-7(31-9(3)25)18(29)23-16-13(20)11(5-6-12(27)28)14(21)17(15(16)22)24-19(30)8(2)32-10(4)26;10-5-3(1-2-4(15)16)6(11)9(14)7(12)8(5)13/h7-8H,5-6H2,1-4H3,(H,23,29)(H,24,30)(H,27,28);1-2,13-14H2,(H,15,16). The number of hydrogen-bond donors (Lipinski definition) is 6. The zero-order valence-corrected chi connectivity index (χ0v) is 38.5. The fraction of sp³-hybridized carbons (Fsp3) is 0.357. The molecule has 0 heterocycles. The Morgan fingerprint density at radius 1 is 0.604 bits per heavy atom. The summed E-state index contributed by atoms with van der Waals surface area (Å²) in [6, 6.07) is 0. The topological polar surface area (TPSA) is 237 Å². The summed E-state index contributed by atoms with van der Waals surface area (Å²) in [6.07, 6.45) is -1.61. The maximum Gasteiger partial charge on any atom is 0.303 e. The van der Waals surface area contributed by atoms with Gasteiger partial charge in [0, 0.05) is 41.0 Å². The minimum absolute atomic E-state index is 0.0888. The van der Waals surface area contributed by atoms with Crippen molar-refractivity contribution < 1.29 is 48.5 Å². The number of carboxylic acids is 2. The highest BCUT2D eigenvalue weighted by Crippen LogP contribution is 2.40. The number of nitrogens with two attached hydrogens (primary N) is 2. The summed E-state index contributed by atoms with van der Waals surface area (Å²) in [5.41, 5.74) is 15.3. The first-order chi connectivity index (χ1) is 22.1. The van der Waals surface area contributed by atoms with E-state index in [0.29, 0.717) is 45.4 Å². The summed E-state index contributed by atoms with van der Waals surface area (Å²) in [5, 5.41) is 23.2. The molecule has 0 spiro atoms. The molecule has 0 saturated heterocycles. The van der Waals surface area contributed by atoms with E-state index in [2.05, 4.69) is 78.4 Å². The summed E-state index contributed by atoms with van der Waals surface area (Å²) in [4.78, 5) is 69.1. The Bertz CT molecular complexity index is 1530. The van der Waals surface area contributed by atoms with Crippen molar-refractivity contribution >= 4 is 194 Å². The smallest absolute Gasteiger partial charge is 0.303 e. The van der Waals surface area contributed by atoms with Crippen LogP contribution in [0, 0.1) is 21.4 Å². The Morgan fingerprint density at radius 3 is 1.21 bits per heavy atom. The predicted molar refractivity (Wildman–Crippen MR) is 230 cm³/mol. The van der Waals surface area contributed by atoms with Crippen LogP contribution in [-0.2, 0) is 51.1 Å². The molecule has 264 valence electrons. The third-order valence-corrected chi connectivity index (χ3v) is 13.1. The number of carbonyl (C=O) groups excluding carboxylic acids is 4. The average Bonchev–Trinajstić information content (AvgIpc) is 2.98. The number of ether oxygens (including phenoxy) is 2. The number of esters is 2. The van der Waals surface area contributed by atoms with Crippen molar-refractivity contribution in [2.24, 2.45) is 0 Å². The third-order valence-electron chi connectivity index (χ3n) is 5.98. The number of nitrogens with one attached hydrogen (secondary N) is 2. The molecule has 0 radical (unpaired) electrons. The Kier molecular flexibility index (Phi) is 19.7. The molecule has 2 aromatic rings. The van der Waals surface area contributed by atoms with Gasteiger partial charge in [0.15, 0.2) is 12.2 Å². The van der Waals surface area contributed by atoms with Crippen LogP contribution in [0.25, 0.3) is 0 Å². The van der Waals surface area contributed by atoms with Gasteiger partial charge in [0.05, 0.1) is 29.9 Å². The van der Waals surface area contributed by atoms with Crippen molar-refractivity contribution in [1.82, 2.24) is 0 Å². The molecule has 0 saturated carbocycles. The molecule has 0 bridgehead atoms. The van der Waals surface area contributed by atoms with E-state index in [1.807, 2.05) is 67.8 Å². The molecule has 2 amide bonds. The lowest BCUT2D eigenvalue weighted by Crippen LogP contribution is -2.31. The molecule has 2 aromatic carbocycles. The molecule has 0 fully saturated rings. The number of benzene rings is 2. The molecule has 0 aromatic heterocycles. The van der Waals surface area contributed by atoms with Gasteiger partial charge in [0.1, 0.15) is 0 Å². The fourth-order valence-corrected chi connectivity index (χ4v) is 11.6. The van der Waals surface area contributed by atoms with Gasteiger partial charge in [-0.2, -0.15) is 0 Å². The van der Waals surface area contributed by atoms with E-state index in [0.717, 1.165) is 16.3 Å². The van der Waals surface area contributed by atoms with Crippen LogP contribution in [0.2, 0.25) is 0 Å². The SMILES string of the molecule is CC(=O)OC(C)C(=O)Nc1c(I)c(CCC(=O)O)c(I)c(NC(=O)C(C)OC(C)=O)c1I.Nc1c(I)c(N)c(I)c(CCC(=O)O)c1I. The molecule has 20 heteroatoms. The van der Waals surface area contributed by atoms with E-state index in [1.165, 1.54) is 27.7 Å². The van der Waals surface area contributed by atoms with Crippen molar-refractivity contribution in [2.75, 3.05) is 22.1 Å². The van der Waals surface area contributed by atoms with Crippen LogP contribution >= 0.6 is 136 Å². The van der Waals surface area contributed by atoms with Gasteiger partial charge < -0.3 is 41.8 Å². The lowest BCUT2D eigenvalue weighted by atomic mass is 10.1. The minimum Gasteiger partial charge on any atom is -0.481 e. The number of anilines is 4. The lowest BCUT2D eigenvalue weighted by Gasteiger charge is -2.22. The van der Waals surface area contributed by atoms with E-state index < -0.39 is 47.9 Å². The normalized spacial score (nSPS) is 11.7. The molecule has 0 aliphatic rings. The lowest BCUT2D eigenvalue weighted by molar-refractivity contribution is -0.151. The molecular formula is C28H30I6N4O10. The summed E-state index contributed by atoms with van der Waals surface area (Å²) in [5.74, 6) is -4.23. The number of hydrogen-bond acceptors (Lipinski definition) is 10. The molecule has 8 N–H and O–H groups in total. The first-order valence-electron chi connectivity index (χ1n) is 13.4. The van der Waals surface area contributed by atoms with Crippen molar-refractivity contribution in [3.8, 4) is 0 Å². The largest absolute Gasteiger partial charge is 0.481 e. The molecule has 2 atom stereocenters. The number of carbonyl (C=O) groups is 6. The summed E-state index contributed by atoms with van der Waals surface area (Å²) < 4.78 is 14.1. The van der Waals surface area contributed by atoms with Crippen molar-refractivity contribution in [3.63, 3.8) is 0 Å². The molecule has 0 aliphatic heterocycles. The number of rotatable bonds is 12. The second-order valence-electron chi connectivity index (χ2n) is 9.69. The quantitative estimate of drug-likeness (QED) is 0.0818. The highest BCUT2D eigenvalue weighted by molar-refractivity contribution is 14.1. The zero-order valence-electron chi connectivity index (χ0n) is 25.6. The Hall–Kier alpha value is -0.760. The fourth-order valence-electron chi connectivity index (χ4n) is 3.65. The summed E-state index contributed by atoms with van der Waals surface area (Å²) in [7, 11) is 0. The van der Waals surface area contributed by atoms with Gasteiger partial charge in [0.25, 0.3) is 11.8 Å². The van der Waals surface area contributed by atoms with E-state index in [9.17, 15) is 28.8 Å². The van der Waals surface area contributed by atoms with E-state index >= 15 is 0 Å². The number of carboxylic acid groups (broad SMARTS) is 2. The maximum absolute atomic E-state index is 12.5. The average molecular weight is 1340 g/mol. The Balaban J connectivity index is 0.000000600. The monoisotopic (exact) mass is 1340 g/mol. The van der Waals surface area contributed by atoms with E-state index in [-0.39, 0.29) is 19.3 Å². The highest BCUT2D eigenvalue weighted by Gasteiger charge is 2.27. The van der Waals surface area contributed by atoms with Crippen LogP contribution in [0.4, 0.5) is 22.7 Å². The van der Waals surface area contributed by atoms with E-state index in [4.69, 9.17) is 31.2 Å². The summed E-state index contributed by atoms with van der Waals surface area (Å²) >= 11 is 12.3. The Labute approximate surface area is 357 Å². The van der Waals surface area contributed by atoms with Crippen LogP contribution in [0.15, 0.2) is 0 Å². The predicted octanol–water partition coefficient (Wildman–Crippen LogP) is 5.98. The number of halogens is 6. The Morgan fingerprint density at radius 2 is 0.917 bits per heavy atom. The van der Waals surface area contributed by atoms with Gasteiger partial charge in [-0.1, -0.05) is 0 Å². The second-order valence-corrected chi connectivity index (χ2v) is 16.2. The molecule has 2 unspecified atom stereocenters. The zero-order chi connectivity index (χ0) is 37.2. The molecule has 48 heavy (non-hydrogen) atoms. The number of aliphatic carboxylic acids is 2. The third kappa shape index (κ3) is 13.4. The van der Waals surface area contributed by atoms with Crippen LogP contribution in [0.5, 0.6) is 0 Å². The van der Waals surface area contributed by atoms with Gasteiger partial charge in [-0.05, 0) is 173 Å². The highest BCUT2D eigenvalue weighted by atomic mass is 127. The maximum atomic E-state index is 12.5. The van der Waals surface area contributed by atoms with Gasteiger partial charge in [-0.25, -0.2) is 0 Å². The molecule has 2 rings (SSSR count). The second kappa shape index (κ2) is 20.9. The number of nitrogen functional groups attached to an aromatic ring is 2. The first-order valence-corrected chi connectivity index (χ1v) is 19.9. The molecular weight excluding hydrogens is 1310 g/mol. The van der Waals surface area contributed by atoms with Crippen LogP contribution < -0.4 is 22.1 Å². The van der Waals surface area contributed by atoms with Crippen molar-refractivity contribution in [3.05, 3.63) is 32.5 Å². The molecule has 14 nitrogen and oxygen atoms in total. The van der Waals surface area contributed by atoms with Gasteiger partial charge >= 0.3 is 23.9 Å². The van der Waals surface area contributed by atoms with E-state index in [1.54, 1.807) is 0 Å². The first kappa shape index (κ1) is 45.3. The molecule has 0 aliphatic carbocycles. The summed E-state index contributed by atoms with van der Waals surface area (Å²) in [6.45, 7) is 5.20. The van der Waals surface area contributed by atoms with Crippen LogP contribution in [0.1, 0.15) is 51.7 Å². The van der Waals surface area contributed by atoms with Gasteiger partial charge in [0.2, 0.25) is 0 Å². The van der Waals surface area contributed by atoms with Crippen molar-refractivity contribution in [2.45, 2.75) is 65.6 Å². The van der Waals surface area contributed by atoms with Crippen LogP contribution in [0.3, 0.4) is 0 Å². The van der Waals surface area contributed by atoms with Crippen LogP contribution in [-0.4, -0.2) is 58.1 Å². The van der Waals surface area contributed by atoms with Crippen molar-refractivity contribution in [1.29, 1.82) is 0 Å². The number of amides is 2. The minimum atomic E-state index is -1.07. The van der Waals surface area contributed by atoms with Gasteiger partial charge in [-0.15, -0.1) is 0 Å².